The third-order valence-electron chi connectivity index (χ3n) is 2.53. The summed E-state index contributed by atoms with van der Waals surface area (Å²) in [5.74, 6) is 0.315. The molecule has 20 heavy (non-hydrogen) atoms. The fraction of sp³-hybridized carbons (Fsp3) is 0.250. The molecule has 0 amide bonds. The highest BCUT2D eigenvalue weighted by Gasteiger charge is 2.21. The Morgan fingerprint density at radius 2 is 2.05 bits per heavy atom. The summed E-state index contributed by atoms with van der Waals surface area (Å²) < 4.78 is 27.7. The van der Waals surface area contributed by atoms with E-state index < -0.39 is 10.0 Å². The number of pyridine rings is 1. The first-order valence-corrected chi connectivity index (χ1v) is 8.87. The summed E-state index contributed by atoms with van der Waals surface area (Å²) in [4.78, 5) is 5.16. The van der Waals surface area contributed by atoms with Crippen molar-refractivity contribution in [2.45, 2.75) is 25.3 Å². The molecule has 0 saturated carbocycles. The summed E-state index contributed by atoms with van der Waals surface area (Å²) in [6, 6.07) is 5.14. The van der Waals surface area contributed by atoms with Gasteiger partial charge in [0, 0.05) is 17.1 Å². The molecule has 0 spiro atoms. The minimum atomic E-state index is -3.67. The monoisotopic (exact) mass is 375 g/mol. The highest BCUT2D eigenvalue weighted by Crippen LogP contribution is 2.32. The Bertz CT molecular complexity index is 721. The summed E-state index contributed by atoms with van der Waals surface area (Å²) in [6.45, 7) is 4.01. The normalized spacial score (nSPS) is 11.6. The van der Waals surface area contributed by atoms with E-state index in [-0.39, 0.29) is 4.90 Å². The number of hydrogen-bond acceptors (Lipinski definition) is 5. The Morgan fingerprint density at radius 3 is 2.60 bits per heavy atom. The van der Waals surface area contributed by atoms with Crippen molar-refractivity contribution in [1.29, 1.82) is 0 Å². The Hall–Kier alpha value is -0.960. The van der Waals surface area contributed by atoms with Gasteiger partial charge in [0.25, 0.3) is 10.0 Å². The van der Waals surface area contributed by atoms with Gasteiger partial charge in [-0.2, -0.15) is 0 Å². The number of nitrogens with zero attached hydrogens (tertiary/aromatic N) is 1. The van der Waals surface area contributed by atoms with Gasteiger partial charge in [0.05, 0.1) is 3.79 Å². The maximum atomic E-state index is 12.4. The highest BCUT2D eigenvalue weighted by molar-refractivity contribution is 9.11. The maximum Gasteiger partial charge on any atom is 0.265 e. The van der Waals surface area contributed by atoms with E-state index in [1.807, 2.05) is 19.9 Å². The molecule has 5 nitrogen and oxygen atoms in total. The number of nitrogens with two attached hydrogens (primary N) is 1. The van der Waals surface area contributed by atoms with Gasteiger partial charge >= 0.3 is 0 Å². The molecular weight excluding hydrogens is 362 g/mol. The number of thiophene rings is 1. The molecule has 0 unspecified atom stereocenters. The number of aromatic nitrogens is 1. The molecular formula is C12H14BrN3O2S2. The van der Waals surface area contributed by atoms with Crippen molar-refractivity contribution in [2.75, 3.05) is 4.72 Å². The van der Waals surface area contributed by atoms with Crippen LogP contribution in [0.3, 0.4) is 0 Å². The molecule has 0 radical (unpaired) electrons. The van der Waals surface area contributed by atoms with Crippen LogP contribution < -0.4 is 10.5 Å². The summed E-state index contributed by atoms with van der Waals surface area (Å²) in [5.41, 5.74) is 7.24. The minimum Gasteiger partial charge on any atom is -0.326 e. The van der Waals surface area contributed by atoms with Gasteiger partial charge in [-0.05, 0) is 53.5 Å². The molecule has 0 aliphatic carbocycles. The summed E-state index contributed by atoms with van der Waals surface area (Å²) in [7, 11) is -3.67. The molecule has 0 atom stereocenters. The fourth-order valence-electron chi connectivity index (χ4n) is 1.77. The van der Waals surface area contributed by atoms with Gasteiger partial charge in [-0.1, -0.05) is 0 Å². The van der Waals surface area contributed by atoms with Crippen LogP contribution in [0.5, 0.6) is 0 Å². The van der Waals surface area contributed by atoms with Gasteiger partial charge in [0.15, 0.2) is 0 Å². The number of aryl methyl sites for hydroxylation is 2. The molecule has 8 heteroatoms. The van der Waals surface area contributed by atoms with Crippen LogP contribution in [-0.2, 0) is 16.6 Å². The lowest BCUT2D eigenvalue weighted by Crippen LogP contribution is -2.14. The van der Waals surface area contributed by atoms with E-state index in [0.717, 1.165) is 16.1 Å². The quantitative estimate of drug-likeness (QED) is 0.859. The molecule has 108 valence electrons. The van der Waals surface area contributed by atoms with Crippen LogP contribution >= 0.6 is 27.3 Å². The lowest BCUT2D eigenvalue weighted by atomic mass is 10.2. The van der Waals surface area contributed by atoms with E-state index in [4.69, 9.17) is 5.73 Å². The van der Waals surface area contributed by atoms with Gasteiger partial charge in [-0.25, -0.2) is 13.4 Å². The molecule has 0 saturated heterocycles. The van der Waals surface area contributed by atoms with Crippen LogP contribution in [0.2, 0.25) is 0 Å². The van der Waals surface area contributed by atoms with Gasteiger partial charge in [0.2, 0.25) is 0 Å². The third-order valence-corrected chi connectivity index (χ3v) is 6.16. The van der Waals surface area contributed by atoms with E-state index in [9.17, 15) is 8.42 Å². The Balaban J connectivity index is 2.37. The molecule has 2 aromatic rings. The number of nitrogens with one attached hydrogen (secondary N) is 1. The lowest BCUT2D eigenvalue weighted by molar-refractivity contribution is 0.601. The van der Waals surface area contributed by atoms with Crippen LogP contribution in [0.4, 0.5) is 5.82 Å². The predicted octanol–water partition coefficient (Wildman–Crippen LogP) is 2.78. The number of hydrogen-bond donors (Lipinski definition) is 2. The summed E-state index contributed by atoms with van der Waals surface area (Å²) >= 11 is 4.57. The van der Waals surface area contributed by atoms with Crippen LogP contribution in [-0.4, -0.2) is 13.4 Å². The predicted molar refractivity (Wildman–Crippen MR) is 84.4 cm³/mol. The van der Waals surface area contributed by atoms with Crippen LogP contribution in [0.15, 0.2) is 26.9 Å². The van der Waals surface area contributed by atoms with Crippen molar-refractivity contribution in [1.82, 2.24) is 4.98 Å². The molecule has 2 aromatic heterocycles. The number of anilines is 1. The second-order valence-electron chi connectivity index (χ2n) is 4.33. The van der Waals surface area contributed by atoms with E-state index in [1.165, 1.54) is 11.3 Å². The first-order chi connectivity index (χ1) is 9.31. The molecule has 0 aliphatic rings. The van der Waals surface area contributed by atoms with Gasteiger partial charge in [0.1, 0.15) is 10.7 Å². The topological polar surface area (TPSA) is 85.1 Å². The van der Waals surface area contributed by atoms with Crippen molar-refractivity contribution < 1.29 is 8.42 Å². The maximum absolute atomic E-state index is 12.4. The van der Waals surface area contributed by atoms with Gasteiger partial charge in [-0.3, -0.25) is 4.72 Å². The zero-order valence-electron chi connectivity index (χ0n) is 11.0. The molecule has 2 heterocycles. The highest BCUT2D eigenvalue weighted by atomic mass is 79.9. The zero-order valence-corrected chi connectivity index (χ0v) is 14.2. The molecule has 0 fully saturated rings. The van der Waals surface area contributed by atoms with Crippen molar-refractivity contribution in [3.63, 3.8) is 0 Å². The van der Waals surface area contributed by atoms with Crippen LogP contribution in [0.25, 0.3) is 0 Å². The molecule has 0 aromatic carbocycles. The van der Waals surface area contributed by atoms with Crippen LogP contribution in [0, 0.1) is 13.8 Å². The Labute approximate surface area is 130 Å². The van der Waals surface area contributed by atoms with E-state index in [0.29, 0.717) is 16.1 Å². The van der Waals surface area contributed by atoms with Gasteiger partial charge < -0.3 is 5.73 Å². The van der Waals surface area contributed by atoms with Crippen molar-refractivity contribution in [3.8, 4) is 0 Å². The van der Waals surface area contributed by atoms with E-state index in [2.05, 4.69) is 25.6 Å². The van der Waals surface area contributed by atoms with Crippen molar-refractivity contribution in [2.24, 2.45) is 5.73 Å². The summed E-state index contributed by atoms with van der Waals surface area (Å²) in [6.07, 6.45) is 0. The first-order valence-electron chi connectivity index (χ1n) is 5.78. The second-order valence-corrected chi connectivity index (χ2v) is 8.44. The van der Waals surface area contributed by atoms with Crippen molar-refractivity contribution >= 4 is 43.1 Å². The lowest BCUT2D eigenvalue weighted by Gasteiger charge is -2.08. The molecule has 0 bridgehead atoms. The van der Waals surface area contributed by atoms with E-state index in [1.54, 1.807) is 12.1 Å². The molecule has 2 rings (SSSR count). The number of halogens is 1. The number of sulfonamides is 1. The Kier molecular flexibility index (Phi) is 4.48. The average Bonchev–Trinajstić information content (AvgIpc) is 2.69. The smallest absolute Gasteiger partial charge is 0.265 e. The standard InChI is InChI=1S/C12H14BrN3O2S2/c1-7-3-8(2)15-11(4-7)16-20(17,18)10-5-9(6-14)19-12(10)13/h3-5H,6,14H2,1-2H3,(H,15,16). The minimum absolute atomic E-state index is 0.184. The molecule has 0 aliphatic heterocycles. The van der Waals surface area contributed by atoms with Crippen LogP contribution in [0.1, 0.15) is 16.1 Å². The second kappa shape index (κ2) is 5.80. The fourth-order valence-corrected chi connectivity index (χ4v) is 5.32. The summed E-state index contributed by atoms with van der Waals surface area (Å²) in [5, 5.41) is 0. The molecule has 3 N–H and O–H groups in total. The third kappa shape index (κ3) is 3.38. The SMILES string of the molecule is Cc1cc(C)nc(NS(=O)(=O)c2cc(CN)sc2Br)c1. The first kappa shape index (κ1) is 15.4. The number of rotatable bonds is 4. The largest absolute Gasteiger partial charge is 0.326 e. The Morgan fingerprint density at radius 1 is 1.35 bits per heavy atom. The van der Waals surface area contributed by atoms with Gasteiger partial charge in [-0.15, -0.1) is 11.3 Å². The average molecular weight is 376 g/mol. The van der Waals surface area contributed by atoms with Crippen molar-refractivity contribution in [3.05, 3.63) is 38.1 Å². The zero-order chi connectivity index (χ0) is 14.9. The van der Waals surface area contributed by atoms with E-state index >= 15 is 0 Å².